The first-order valence-corrected chi connectivity index (χ1v) is 8.94. The molecule has 0 saturated carbocycles. The molecule has 2 amide bonds. The third kappa shape index (κ3) is 3.61. The molecule has 0 radical (unpaired) electrons. The number of ether oxygens (including phenoxy) is 1. The fourth-order valence-electron chi connectivity index (χ4n) is 2.90. The smallest absolute Gasteiger partial charge is 0.325 e. The lowest BCUT2D eigenvalue weighted by molar-refractivity contribution is -0.143. The van der Waals surface area contributed by atoms with Crippen molar-refractivity contribution in [1.82, 2.24) is 9.47 Å². The number of aromatic nitrogens is 1. The number of thioether (sulfide) groups is 1. The van der Waals surface area contributed by atoms with Crippen LogP contribution in [0.2, 0.25) is 0 Å². The Morgan fingerprint density at radius 3 is 2.52 bits per heavy atom. The van der Waals surface area contributed by atoms with Crippen LogP contribution in [0.1, 0.15) is 17.0 Å². The number of carbonyl (C=O) groups is 3. The number of phenolic OH excluding ortho intramolecular Hbond substituents is 1. The molecule has 7 nitrogen and oxygen atoms in total. The van der Waals surface area contributed by atoms with E-state index in [1.807, 2.05) is 24.5 Å². The molecule has 2 aromatic rings. The molecule has 1 aliphatic heterocycles. The quantitative estimate of drug-likeness (QED) is 0.642. The Labute approximate surface area is 160 Å². The van der Waals surface area contributed by atoms with Crippen LogP contribution < -0.4 is 0 Å². The van der Waals surface area contributed by atoms with Gasteiger partial charge in [-0.25, -0.2) is 0 Å². The lowest BCUT2D eigenvalue weighted by Crippen LogP contribution is -2.34. The summed E-state index contributed by atoms with van der Waals surface area (Å²) in [5.41, 5.74) is 3.50. The molecule has 1 fully saturated rings. The fraction of sp³-hybridized carbons (Fsp3) is 0.211. The normalized spacial score (nSPS) is 15.7. The van der Waals surface area contributed by atoms with Crippen LogP contribution in [0.15, 0.2) is 35.2 Å². The Morgan fingerprint density at radius 2 is 1.89 bits per heavy atom. The molecule has 27 heavy (non-hydrogen) atoms. The summed E-state index contributed by atoms with van der Waals surface area (Å²) in [6, 6.07) is 8.71. The Hall–Kier alpha value is -3.00. The summed E-state index contributed by atoms with van der Waals surface area (Å²) in [7, 11) is 1.20. The first kappa shape index (κ1) is 18.8. The molecular weight excluding hydrogens is 368 g/mol. The summed E-state index contributed by atoms with van der Waals surface area (Å²) in [5, 5.41) is 8.97. The number of carbonyl (C=O) groups excluding carboxylic acids is 3. The predicted octanol–water partition coefficient (Wildman–Crippen LogP) is 3.01. The van der Waals surface area contributed by atoms with E-state index in [0.717, 1.165) is 39.3 Å². The average molecular weight is 386 g/mol. The van der Waals surface area contributed by atoms with E-state index in [2.05, 4.69) is 4.74 Å². The van der Waals surface area contributed by atoms with Crippen molar-refractivity contribution in [3.05, 3.63) is 52.2 Å². The van der Waals surface area contributed by atoms with Gasteiger partial charge < -0.3 is 14.4 Å². The van der Waals surface area contributed by atoms with Gasteiger partial charge in [0.1, 0.15) is 12.3 Å². The third-order valence-corrected chi connectivity index (χ3v) is 5.16. The van der Waals surface area contributed by atoms with Gasteiger partial charge in [0.2, 0.25) is 0 Å². The van der Waals surface area contributed by atoms with Gasteiger partial charge in [0.05, 0.1) is 12.0 Å². The van der Waals surface area contributed by atoms with Gasteiger partial charge in [0, 0.05) is 17.1 Å². The highest BCUT2D eigenvalue weighted by molar-refractivity contribution is 8.18. The predicted molar refractivity (Wildman–Crippen MR) is 102 cm³/mol. The minimum Gasteiger partial charge on any atom is -0.508 e. The minimum absolute atomic E-state index is 0.181. The number of methoxy groups -OCH3 is 1. The van der Waals surface area contributed by atoms with Gasteiger partial charge in [-0.15, -0.1) is 0 Å². The molecule has 1 aliphatic rings. The fourth-order valence-corrected chi connectivity index (χ4v) is 3.73. The number of aryl methyl sites for hydroxylation is 1. The van der Waals surface area contributed by atoms with Crippen molar-refractivity contribution in [2.45, 2.75) is 13.8 Å². The van der Waals surface area contributed by atoms with Crippen molar-refractivity contribution < 1.29 is 24.2 Å². The van der Waals surface area contributed by atoms with Crippen molar-refractivity contribution in [2.75, 3.05) is 13.7 Å². The Kier molecular flexibility index (Phi) is 5.09. The monoisotopic (exact) mass is 386 g/mol. The van der Waals surface area contributed by atoms with Crippen LogP contribution in [0.4, 0.5) is 4.79 Å². The number of rotatable bonds is 4. The molecule has 8 heteroatoms. The van der Waals surface area contributed by atoms with Crippen molar-refractivity contribution in [3.63, 3.8) is 0 Å². The summed E-state index contributed by atoms with van der Waals surface area (Å²) in [5.74, 6) is -0.977. The van der Waals surface area contributed by atoms with E-state index in [1.165, 1.54) is 7.11 Å². The van der Waals surface area contributed by atoms with Crippen LogP contribution >= 0.6 is 11.8 Å². The van der Waals surface area contributed by atoms with Crippen molar-refractivity contribution in [1.29, 1.82) is 0 Å². The van der Waals surface area contributed by atoms with E-state index < -0.39 is 23.7 Å². The highest BCUT2D eigenvalue weighted by Crippen LogP contribution is 2.33. The molecule has 3 rings (SSSR count). The van der Waals surface area contributed by atoms with E-state index in [0.29, 0.717) is 0 Å². The number of esters is 1. The van der Waals surface area contributed by atoms with Crippen LogP contribution in [-0.4, -0.2) is 45.3 Å². The summed E-state index contributed by atoms with van der Waals surface area (Å²) >= 11 is 0.799. The molecule has 140 valence electrons. The Balaban J connectivity index is 1.93. The Bertz CT molecular complexity index is 959. The number of imide groups is 1. The lowest BCUT2D eigenvalue weighted by Gasteiger charge is -2.10. The first-order chi connectivity index (χ1) is 12.8. The molecule has 0 unspecified atom stereocenters. The third-order valence-electron chi connectivity index (χ3n) is 4.25. The second-order valence-corrected chi connectivity index (χ2v) is 7.02. The van der Waals surface area contributed by atoms with Crippen LogP contribution in [0.25, 0.3) is 11.8 Å². The van der Waals surface area contributed by atoms with Gasteiger partial charge in [-0.3, -0.25) is 19.3 Å². The topological polar surface area (TPSA) is 88.8 Å². The second kappa shape index (κ2) is 7.32. The SMILES string of the molecule is COC(=O)CN1C(=O)S/C(=C/c2cc(C)n(-c3ccc(O)cc3)c2C)C1=O. The number of aromatic hydroxyl groups is 1. The maximum atomic E-state index is 12.5. The molecule has 1 N–H and O–H groups in total. The minimum atomic E-state index is -0.649. The maximum absolute atomic E-state index is 12.5. The lowest BCUT2D eigenvalue weighted by atomic mass is 10.2. The number of nitrogens with zero attached hydrogens (tertiary/aromatic N) is 2. The number of amides is 2. The number of hydrogen-bond donors (Lipinski definition) is 1. The summed E-state index contributed by atoms with van der Waals surface area (Å²) < 4.78 is 6.51. The van der Waals surface area contributed by atoms with Gasteiger partial charge in [-0.2, -0.15) is 0 Å². The average Bonchev–Trinajstić information content (AvgIpc) is 3.06. The van der Waals surface area contributed by atoms with Gasteiger partial charge in [0.25, 0.3) is 11.1 Å². The molecule has 1 saturated heterocycles. The molecule has 0 atom stereocenters. The zero-order valence-corrected chi connectivity index (χ0v) is 15.9. The van der Waals surface area contributed by atoms with Crippen LogP contribution in [-0.2, 0) is 14.3 Å². The van der Waals surface area contributed by atoms with Crippen LogP contribution in [0.5, 0.6) is 5.75 Å². The molecule has 1 aromatic heterocycles. The van der Waals surface area contributed by atoms with Gasteiger partial charge >= 0.3 is 5.97 Å². The van der Waals surface area contributed by atoms with Crippen LogP contribution in [0.3, 0.4) is 0 Å². The largest absolute Gasteiger partial charge is 0.508 e. The Morgan fingerprint density at radius 1 is 1.22 bits per heavy atom. The van der Waals surface area contributed by atoms with E-state index in [1.54, 1.807) is 30.3 Å². The number of benzene rings is 1. The van der Waals surface area contributed by atoms with E-state index in [-0.39, 0.29) is 10.7 Å². The van der Waals surface area contributed by atoms with Gasteiger partial charge in [0.15, 0.2) is 0 Å². The number of phenols is 1. The maximum Gasteiger partial charge on any atom is 0.325 e. The zero-order valence-electron chi connectivity index (χ0n) is 15.1. The van der Waals surface area contributed by atoms with E-state index in [9.17, 15) is 19.5 Å². The van der Waals surface area contributed by atoms with Crippen molar-refractivity contribution in [3.8, 4) is 11.4 Å². The summed E-state index contributed by atoms with van der Waals surface area (Å²) in [6.45, 7) is 3.44. The summed E-state index contributed by atoms with van der Waals surface area (Å²) in [4.78, 5) is 37.0. The zero-order chi connectivity index (χ0) is 19.7. The molecule has 0 spiro atoms. The standard InChI is InChI=1S/C19H18N2O5S/c1-11-8-13(12(2)21(11)14-4-6-15(22)7-5-14)9-16-18(24)20(19(25)27-16)10-17(23)26-3/h4-9,22H,10H2,1-3H3/b16-9+. The second-order valence-electron chi connectivity index (χ2n) is 6.02. The van der Waals surface area contributed by atoms with E-state index in [4.69, 9.17) is 0 Å². The molecule has 0 bridgehead atoms. The highest BCUT2D eigenvalue weighted by Gasteiger charge is 2.36. The molecule has 1 aromatic carbocycles. The summed E-state index contributed by atoms with van der Waals surface area (Å²) in [6.07, 6.45) is 1.65. The first-order valence-electron chi connectivity index (χ1n) is 8.12. The van der Waals surface area contributed by atoms with Gasteiger partial charge in [-0.1, -0.05) is 0 Å². The van der Waals surface area contributed by atoms with Crippen molar-refractivity contribution >= 4 is 35.0 Å². The molecule has 0 aliphatic carbocycles. The molecule has 2 heterocycles. The number of hydrogen-bond acceptors (Lipinski definition) is 6. The van der Waals surface area contributed by atoms with Crippen molar-refractivity contribution in [2.24, 2.45) is 0 Å². The van der Waals surface area contributed by atoms with Crippen LogP contribution in [0, 0.1) is 13.8 Å². The highest BCUT2D eigenvalue weighted by atomic mass is 32.2. The van der Waals surface area contributed by atoms with E-state index >= 15 is 0 Å². The molecular formula is C19H18N2O5S. The van der Waals surface area contributed by atoms with Gasteiger partial charge in [-0.05, 0) is 67.6 Å².